The number of alkyl carbamates (subject to hydrolysis) is 1. The summed E-state index contributed by atoms with van der Waals surface area (Å²) in [7, 11) is 1.37. The molecule has 0 aromatic rings. The second-order valence-corrected chi connectivity index (χ2v) is 3.40. The molecule has 0 spiro atoms. The van der Waals surface area contributed by atoms with Crippen molar-refractivity contribution in [2.75, 3.05) is 20.2 Å². The molecule has 0 aliphatic heterocycles. The molecule has 4 heteroatoms. The van der Waals surface area contributed by atoms with Gasteiger partial charge in [-0.2, -0.15) is 0 Å². The molecule has 0 atom stereocenters. The third-order valence-corrected chi connectivity index (χ3v) is 2.64. The maximum Gasteiger partial charge on any atom is 0.406 e. The summed E-state index contributed by atoms with van der Waals surface area (Å²) in [5, 5.41) is 2.68. The zero-order valence-corrected chi connectivity index (χ0v) is 7.43. The average Bonchev–Trinajstić information content (AvgIpc) is 2.03. The maximum absolute atomic E-state index is 10.7. The van der Waals surface area contributed by atoms with Crippen LogP contribution in [0.25, 0.3) is 0 Å². The Balaban J connectivity index is 2.24. The summed E-state index contributed by atoms with van der Waals surface area (Å²) in [6.45, 7) is 1.30. The van der Waals surface area contributed by atoms with Gasteiger partial charge in [-0.3, -0.25) is 0 Å². The maximum atomic E-state index is 10.7. The summed E-state index contributed by atoms with van der Waals surface area (Å²) in [5.74, 6) is 0. The quantitative estimate of drug-likeness (QED) is 0.650. The number of nitrogens with two attached hydrogens (primary N) is 1. The molecule has 1 aliphatic rings. The number of carbonyl (C=O) groups is 1. The summed E-state index contributed by atoms with van der Waals surface area (Å²) in [4.78, 5) is 10.7. The molecule has 4 nitrogen and oxygen atoms in total. The molecule has 0 aromatic heterocycles. The highest BCUT2D eigenvalue weighted by atomic mass is 16.5. The standard InChI is InChI=1S/C8H16N2O2/c1-12-7(11)10-6-8(5-9)3-2-4-8/h2-6,9H2,1H3,(H,10,11). The van der Waals surface area contributed by atoms with Crippen LogP contribution in [0.2, 0.25) is 0 Å². The van der Waals surface area contributed by atoms with Crippen LogP contribution in [0.1, 0.15) is 19.3 Å². The number of carbonyl (C=O) groups excluding carboxylic acids is 1. The first-order valence-corrected chi connectivity index (χ1v) is 4.24. The van der Waals surface area contributed by atoms with Crippen LogP contribution in [0.15, 0.2) is 0 Å². The van der Waals surface area contributed by atoms with Gasteiger partial charge in [0.25, 0.3) is 0 Å². The fourth-order valence-electron chi connectivity index (χ4n) is 1.46. The van der Waals surface area contributed by atoms with Gasteiger partial charge in [-0.1, -0.05) is 6.42 Å². The number of amides is 1. The molecule has 1 fully saturated rings. The van der Waals surface area contributed by atoms with Crippen LogP contribution in [-0.4, -0.2) is 26.3 Å². The number of rotatable bonds is 3. The van der Waals surface area contributed by atoms with Gasteiger partial charge in [0.2, 0.25) is 0 Å². The van der Waals surface area contributed by atoms with E-state index in [1.54, 1.807) is 0 Å². The Labute approximate surface area is 72.5 Å². The topological polar surface area (TPSA) is 64.3 Å². The van der Waals surface area contributed by atoms with E-state index in [9.17, 15) is 4.79 Å². The summed E-state index contributed by atoms with van der Waals surface area (Å²) in [6, 6.07) is 0. The van der Waals surface area contributed by atoms with Gasteiger partial charge >= 0.3 is 6.09 Å². The van der Waals surface area contributed by atoms with Crippen LogP contribution in [0, 0.1) is 5.41 Å². The fourth-order valence-corrected chi connectivity index (χ4v) is 1.46. The van der Waals surface area contributed by atoms with Gasteiger partial charge in [0, 0.05) is 12.0 Å². The summed E-state index contributed by atoms with van der Waals surface area (Å²) < 4.78 is 4.47. The predicted octanol–water partition coefficient (Wildman–Crippen LogP) is 0.471. The summed E-state index contributed by atoms with van der Waals surface area (Å²) in [6.07, 6.45) is 3.09. The molecule has 0 saturated heterocycles. The highest BCUT2D eigenvalue weighted by molar-refractivity contribution is 5.66. The molecule has 0 unspecified atom stereocenters. The highest BCUT2D eigenvalue weighted by Crippen LogP contribution is 2.38. The number of hydrogen-bond acceptors (Lipinski definition) is 3. The van der Waals surface area contributed by atoms with Crippen LogP contribution in [0.5, 0.6) is 0 Å². The third-order valence-electron chi connectivity index (χ3n) is 2.64. The minimum atomic E-state index is -0.366. The van der Waals surface area contributed by atoms with Crippen molar-refractivity contribution in [3.05, 3.63) is 0 Å². The molecule has 1 saturated carbocycles. The molecule has 3 N–H and O–H groups in total. The van der Waals surface area contributed by atoms with E-state index in [4.69, 9.17) is 5.73 Å². The second kappa shape index (κ2) is 3.76. The molecule has 0 aromatic carbocycles. The van der Waals surface area contributed by atoms with E-state index in [-0.39, 0.29) is 11.5 Å². The van der Waals surface area contributed by atoms with Gasteiger partial charge < -0.3 is 15.8 Å². The molecule has 1 amide bonds. The van der Waals surface area contributed by atoms with Gasteiger partial charge in [-0.25, -0.2) is 4.79 Å². The van der Waals surface area contributed by atoms with Crippen LogP contribution in [-0.2, 0) is 4.74 Å². The SMILES string of the molecule is COC(=O)NCC1(CN)CCC1. The average molecular weight is 172 g/mol. The predicted molar refractivity (Wildman–Crippen MR) is 45.7 cm³/mol. The van der Waals surface area contributed by atoms with E-state index < -0.39 is 0 Å². The van der Waals surface area contributed by atoms with Crippen molar-refractivity contribution in [3.63, 3.8) is 0 Å². The summed E-state index contributed by atoms with van der Waals surface area (Å²) in [5.41, 5.74) is 5.77. The van der Waals surface area contributed by atoms with E-state index >= 15 is 0 Å². The smallest absolute Gasteiger partial charge is 0.406 e. The van der Waals surface area contributed by atoms with Gasteiger partial charge in [0.1, 0.15) is 0 Å². The van der Waals surface area contributed by atoms with Crippen LogP contribution >= 0.6 is 0 Å². The first-order chi connectivity index (χ1) is 5.72. The van der Waals surface area contributed by atoms with Crippen LogP contribution < -0.4 is 11.1 Å². The van der Waals surface area contributed by atoms with Crippen molar-refractivity contribution in [1.29, 1.82) is 0 Å². The molecule has 70 valence electrons. The Bertz CT molecular complexity index is 161. The van der Waals surface area contributed by atoms with E-state index in [2.05, 4.69) is 10.1 Å². The normalized spacial score (nSPS) is 19.5. The molecule has 12 heavy (non-hydrogen) atoms. The van der Waals surface area contributed by atoms with Crippen molar-refractivity contribution in [2.45, 2.75) is 19.3 Å². The fraction of sp³-hybridized carbons (Fsp3) is 0.875. The number of ether oxygens (including phenoxy) is 1. The van der Waals surface area contributed by atoms with E-state index in [0.29, 0.717) is 13.1 Å². The number of hydrogen-bond donors (Lipinski definition) is 2. The lowest BCUT2D eigenvalue weighted by atomic mass is 9.69. The molecule has 1 rings (SSSR count). The molecular weight excluding hydrogens is 156 g/mol. The Morgan fingerprint density at radius 2 is 2.33 bits per heavy atom. The first-order valence-electron chi connectivity index (χ1n) is 4.24. The number of methoxy groups -OCH3 is 1. The Hall–Kier alpha value is -0.770. The Morgan fingerprint density at radius 3 is 2.67 bits per heavy atom. The molecular formula is C8H16N2O2. The van der Waals surface area contributed by atoms with Crippen molar-refractivity contribution in [2.24, 2.45) is 11.1 Å². The lowest BCUT2D eigenvalue weighted by molar-refractivity contribution is 0.126. The molecule has 1 aliphatic carbocycles. The van der Waals surface area contributed by atoms with Crippen molar-refractivity contribution >= 4 is 6.09 Å². The molecule has 0 heterocycles. The number of nitrogens with one attached hydrogen (secondary N) is 1. The van der Waals surface area contributed by atoms with Crippen LogP contribution in [0.4, 0.5) is 4.79 Å². The van der Waals surface area contributed by atoms with Gasteiger partial charge in [0.15, 0.2) is 0 Å². The van der Waals surface area contributed by atoms with E-state index in [0.717, 1.165) is 12.8 Å². The minimum Gasteiger partial charge on any atom is -0.453 e. The van der Waals surface area contributed by atoms with E-state index in [1.165, 1.54) is 13.5 Å². The van der Waals surface area contributed by atoms with E-state index in [1.807, 2.05) is 0 Å². The Kier molecular flexibility index (Phi) is 2.92. The summed E-state index contributed by atoms with van der Waals surface area (Å²) >= 11 is 0. The minimum absolute atomic E-state index is 0.161. The third kappa shape index (κ3) is 1.88. The first kappa shape index (κ1) is 9.32. The lowest BCUT2D eigenvalue weighted by Crippen LogP contribution is -2.46. The molecule has 0 radical (unpaired) electrons. The zero-order valence-electron chi connectivity index (χ0n) is 7.43. The molecule has 0 bridgehead atoms. The largest absolute Gasteiger partial charge is 0.453 e. The van der Waals surface area contributed by atoms with Gasteiger partial charge in [-0.05, 0) is 19.4 Å². The highest BCUT2D eigenvalue weighted by Gasteiger charge is 2.35. The lowest BCUT2D eigenvalue weighted by Gasteiger charge is -2.40. The zero-order chi connectivity index (χ0) is 9.03. The van der Waals surface area contributed by atoms with Gasteiger partial charge in [0.05, 0.1) is 7.11 Å². The van der Waals surface area contributed by atoms with Crippen molar-refractivity contribution in [3.8, 4) is 0 Å². The second-order valence-electron chi connectivity index (χ2n) is 3.40. The van der Waals surface area contributed by atoms with Crippen LogP contribution in [0.3, 0.4) is 0 Å². The monoisotopic (exact) mass is 172 g/mol. The van der Waals surface area contributed by atoms with Gasteiger partial charge in [-0.15, -0.1) is 0 Å². The van der Waals surface area contributed by atoms with Crippen molar-refractivity contribution < 1.29 is 9.53 Å². The van der Waals surface area contributed by atoms with Crippen molar-refractivity contribution in [1.82, 2.24) is 5.32 Å². The Morgan fingerprint density at radius 1 is 1.67 bits per heavy atom.